The van der Waals surface area contributed by atoms with Crippen LogP contribution in [0.5, 0.6) is 0 Å². The molecule has 1 heterocycles. The number of benzene rings is 1. The van der Waals surface area contributed by atoms with Gasteiger partial charge in [0.1, 0.15) is 10.8 Å². The predicted octanol–water partition coefficient (Wildman–Crippen LogP) is 3.34. The van der Waals surface area contributed by atoms with E-state index < -0.39 is 28.5 Å². The van der Waals surface area contributed by atoms with Gasteiger partial charge < -0.3 is 9.47 Å². The molecule has 0 aliphatic carbocycles. The highest BCUT2D eigenvalue weighted by Gasteiger charge is 2.29. The van der Waals surface area contributed by atoms with Gasteiger partial charge in [0.05, 0.1) is 29.5 Å². The smallest absolute Gasteiger partial charge is 0.339 e. The molecule has 0 saturated heterocycles. The number of thiophene rings is 1. The molecule has 0 N–H and O–H groups in total. The van der Waals surface area contributed by atoms with Crippen LogP contribution >= 0.6 is 22.9 Å². The second-order valence-corrected chi connectivity index (χ2v) is 8.58. The molecule has 0 unspecified atom stereocenters. The van der Waals surface area contributed by atoms with E-state index in [0.29, 0.717) is 0 Å². The van der Waals surface area contributed by atoms with Crippen LogP contribution in [0.1, 0.15) is 24.2 Å². The second kappa shape index (κ2) is 9.20. The van der Waals surface area contributed by atoms with Crippen molar-refractivity contribution >= 4 is 50.6 Å². The summed E-state index contributed by atoms with van der Waals surface area (Å²) in [6, 6.07) is 7.09. The molecule has 0 atom stereocenters. The van der Waals surface area contributed by atoms with E-state index in [1.807, 2.05) is 0 Å². The van der Waals surface area contributed by atoms with Crippen LogP contribution < -0.4 is 4.31 Å². The summed E-state index contributed by atoms with van der Waals surface area (Å²) >= 11 is 7.06. The van der Waals surface area contributed by atoms with Gasteiger partial charge in [-0.15, -0.1) is 11.3 Å². The zero-order valence-electron chi connectivity index (χ0n) is 14.7. The Labute approximate surface area is 166 Å². The number of carbonyl (C=O) groups is 2. The zero-order valence-corrected chi connectivity index (χ0v) is 17.1. The van der Waals surface area contributed by atoms with Crippen LogP contribution in [0.25, 0.3) is 0 Å². The third-order valence-corrected chi connectivity index (χ3v) is 6.83. The van der Waals surface area contributed by atoms with E-state index in [0.717, 1.165) is 15.6 Å². The van der Waals surface area contributed by atoms with Crippen LogP contribution in [-0.4, -0.2) is 40.1 Å². The third kappa shape index (κ3) is 5.00. The van der Waals surface area contributed by atoms with Gasteiger partial charge in [0.25, 0.3) is 10.0 Å². The SMILES string of the molecule is CCOC(=O)CN(c1ccc(Cl)c(C(=O)OCC)c1)S(=O)(=O)c1cccs1. The van der Waals surface area contributed by atoms with Crippen LogP contribution in [-0.2, 0) is 24.3 Å². The highest BCUT2D eigenvalue weighted by molar-refractivity contribution is 7.94. The summed E-state index contributed by atoms with van der Waals surface area (Å²) < 4.78 is 36.8. The summed E-state index contributed by atoms with van der Waals surface area (Å²) in [5.41, 5.74) is 0.107. The fourth-order valence-corrected chi connectivity index (χ4v) is 4.89. The maximum Gasteiger partial charge on any atom is 0.339 e. The van der Waals surface area contributed by atoms with Crippen LogP contribution in [0.2, 0.25) is 5.02 Å². The van der Waals surface area contributed by atoms with Crippen LogP contribution in [0.3, 0.4) is 0 Å². The zero-order chi connectivity index (χ0) is 20.0. The first-order valence-electron chi connectivity index (χ1n) is 7.99. The monoisotopic (exact) mass is 431 g/mol. The average molecular weight is 432 g/mol. The molecule has 0 spiro atoms. The lowest BCUT2D eigenvalue weighted by atomic mass is 10.2. The Morgan fingerprint density at radius 2 is 1.85 bits per heavy atom. The van der Waals surface area contributed by atoms with E-state index in [-0.39, 0.29) is 33.7 Å². The van der Waals surface area contributed by atoms with Gasteiger partial charge in [0.2, 0.25) is 0 Å². The lowest BCUT2D eigenvalue weighted by Gasteiger charge is -2.23. The van der Waals surface area contributed by atoms with Crippen molar-refractivity contribution < 1.29 is 27.5 Å². The van der Waals surface area contributed by atoms with E-state index in [9.17, 15) is 18.0 Å². The molecule has 1 aromatic heterocycles. The number of anilines is 1. The molecule has 2 rings (SSSR count). The van der Waals surface area contributed by atoms with Crippen molar-refractivity contribution in [1.29, 1.82) is 0 Å². The number of carbonyl (C=O) groups excluding carboxylic acids is 2. The Bertz CT molecular complexity index is 912. The van der Waals surface area contributed by atoms with Crippen LogP contribution in [0.4, 0.5) is 5.69 Å². The van der Waals surface area contributed by atoms with Gasteiger partial charge in [-0.1, -0.05) is 17.7 Å². The second-order valence-electron chi connectivity index (χ2n) is 5.13. The molecule has 7 nitrogen and oxygen atoms in total. The Morgan fingerprint density at radius 3 is 2.44 bits per heavy atom. The summed E-state index contributed by atoms with van der Waals surface area (Å²) in [7, 11) is -4.04. The van der Waals surface area contributed by atoms with Crippen molar-refractivity contribution in [2.24, 2.45) is 0 Å². The minimum atomic E-state index is -4.04. The minimum Gasteiger partial charge on any atom is -0.465 e. The van der Waals surface area contributed by atoms with Gasteiger partial charge in [-0.25, -0.2) is 13.2 Å². The number of esters is 2. The number of rotatable bonds is 8. The number of hydrogen-bond acceptors (Lipinski definition) is 7. The van der Waals surface area contributed by atoms with Gasteiger partial charge in [-0.2, -0.15) is 0 Å². The largest absolute Gasteiger partial charge is 0.465 e. The fourth-order valence-electron chi connectivity index (χ4n) is 2.19. The van der Waals surface area contributed by atoms with Gasteiger partial charge in [0, 0.05) is 0 Å². The molecule has 0 fully saturated rings. The molecule has 27 heavy (non-hydrogen) atoms. The lowest BCUT2D eigenvalue weighted by molar-refractivity contribution is -0.141. The van der Waals surface area contributed by atoms with E-state index in [4.69, 9.17) is 21.1 Å². The minimum absolute atomic E-state index is 0.00579. The highest BCUT2D eigenvalue weighted by atomic mass is 35.5. The number of sulfonamides is 1. The average Bonchev–Trinajstić information content (AvgIpc) is 3.16. The summed E-state index contributed by atoms with van der Waals surface area (Å²) in [5, 5.41) is 1.73. The van der Waals surface area contributed by atoms with Gasteiger partial charge >= 0.3 is 11.9 Å². The standard InChI is InChI=1S/C17H18ClNO6S2/c1-3-24-15(20)11-19(27(22,23)16-6-5-9-26-16)12-7-8-14(18)13(10-12)17(21)25-4-2/h5-10H,3-4,11H2,1-2H3. The number of halogens is 1. The van der Waals surface area contributed by atoms with Gasteiger partial charge in [0.15, 0.2) is 0 Å². The summed E-state index contributed by atoms with van der Waals surface area (Å²) in [6.07, 6.45) is 0. The molecule has 0 aliphatic rings. The van der Waals surface area contributed by atoms with Crippen LogP contribution in [0.15, 0.2) is 39.9 Å². The van der Waals surface area contributed by atoms with E-state index in [1.165, 1.54) is 24.3 Å². The topological polar surface area (TPSA) is 90.0 Å². The molecular formula is C17H18ClNO6S2. The Morgan fingerprint density at radius 1 is 1.15 bits per heavy atom. The molecule has 0 saturated carbocycles. The molecule has 10 heteroatoms. The quantitative estimate of drug-likeness (QED) is 0.595. The van der Waals surface area contributed by atoms with Crippen molar-refractivity contribution in [1.82, 2.24) is 0 Å². The van der Waals surface area contributed by atoms with Crippen LogP contribution in [0, 0.1) is 0 Å². The van der Waals surface area contributed by atoms with Gasteiger partial charge in [-0.3, -0.25) is 9.10 Å². The first-order chi connectivity index (χ1) is 12.8. The van der Waals surface area contributed by atoms with Crippen molar-refractivity contribution in [2.75, 3.05) is 24.1 Å². The van der Waals surface area contributed by atoms with Crippen molar-refractivity contribution in [3.8, 4) is 0 Å². The molecule has 1 aromatic carbocycles. The summed E-state index contributed by atoms with van der Waals surface area (Å²) in [4.78, 5) is 24.1. The van der Waals surface area contributed by atoms with Crippen molar-refractivity contribution in [3.05, 3.63) is 46.3 Å². The van der Waals surface area contributed by atoms with Crippen molar-refractivity contribution in [3.63, 3.8) is 0 Å². The molecule has 146 valence electrons. The van der Waals surface area contributed by atoms with E-state index >= 15 is 0 Å². The number of nitrogens with zero attached hydrogens (tertiary/aromatic N) is 1. The Kier molecular flexibility index (Phi) is 7.23. The van der Waals surface area contributed by atoms with Gasteiger partial charge in [-0.05, 0) is 43.5 Å². The molecule has 0 bridgehead atoms. The molecular weight excluding hydrogens is 414 g/mol. The maximum atomic E-state index is 13.0. The normalized spacial score (nSPS) is 11.1. The number of ether oxygens (including phenoxy) is 2. The predicted molar refractivity (Wildman–Crippen MR) is 103 cm³/mol. The number of hydrogen-bond donors (Lipinski definition) is 0. The highest BCUT2D eigenvalue weighted by Crippen LogP contribution is 2.30. The maximum absolute atomic E-state index is 13.0. The molecule has 2 aromatic rings. The molecule has 0 amide bonds. The first-order valence-corrected chi connectivity index (χ1v) is 10.7. The summed E-state index contributed by atoms with van der Waals surface area (Å²) in [6.45, 7) is 2.97. The third-order valence-electron chi connectivity index (χ3n) is 3.35. The fraction of sp³-hybridized carbons (Fsp3) is 0.294. The van der Waals surface area contributed by atoms with E-state index in [2.05, 4.69) is 0 Å². The first kappa shape index (κ1) is 21.2. The molecule has 0 aliphatic heterocycles. The summed E-state index contributed by atoms with van der Waals surface area (Å²) in [5.74, 6) is -1.40. The Hall–Kier alpha value is -2.10. The molecule has 0 radical (unpaired) electrons. The lowest BCUT2D eigenvalue weighted by Crippen LogP contribution is -2.36. The van der Waals surface area contributed by atoms with E-state index in [1.54, 1.807) is 25.3 Å². The van der Waals surface area contributed by atoms with Crippen molar-refractivity contribution in [2.45, 2.75) is 18.1 Å². The Balaban J connectivity index is 2.52.